The summed E-state index contributed by atoms with van der Waals surface area (Å²) >= 11 is 11.9. The molecule has 0 spiro atoms. The van der Waals surface area contributed by atoms with E-state index < -0.39 is 0 Å². The van der Waals surface area contributed by atoms with Gasteiger partial charge in [-0.05, 0) is 36.8 Å². The van der Waals surface area contributed by atoms with Gasteiger partial charge in [-0.1, -0.05) is 28.4 Å². The molecule has 1 aromatic carbocycles. The van der Waals surface area contributed by atoms with Gasteiger partial charge in [-0.2, -0.15) is 0 Å². The fraction of sp³-hybridized carbons (Fsp3) is 0.188. The Balaban J connectivity index is 1.92. The lowest BCUT2D eigenvalue weighted by Crippen LogP contribution is -2.33. The Labute approximate surface area is 149 Å². The maximum absolute atomic E-state index is 12.1. The number of hydrogen-bond acceptors (Lipinski definition) is 4. The van der Waals surface area contributed by atoms with Crippen LogP contribution in [0.2, 0.25) is 10.0 Å². The molecule has 0 unspecified atom stereocenters. The van der Waals surface area contributed by atoms with E-state index in [1.807, 2.05) is 0 Å². The average Bonchev–Trinajstić information content (AvgIpc) is 2.92. The quantitative estimate of drug-likeness (QED) is 0.821. The first-order valence-electron chi connectivity index (χ1n) is 6.96. The molecule has 0 saturated carbocycles. The van der Waals surface area contributed by atoms with Gasteiger partial charge in [0.1, 0.15) is 5.76 Å². The Bertz CT molecular complexity index is 787. The van der Waals surface area contributed by atoms with E-state index in [4.69, 9.17) is 27.7 Å². The van der Waals surface area contributed by atoms with Crippen LogP contribution in [0.25, 0.3) is 6.08 Å². The maximum Gasteiger partial charge on any atom is 0.246 e. The zero-order valence-electron chi connectivity index (χ0n) is 13.0. The van der Waals surface area contributed by atoms with Crippen LogP contribution in [-0.2, 0) is 9.59 Å². The highest BCUT2D eigenvalue weighted by Gasteiger charge is 2.12. The van der Waals surface area contributed by atoms with Crippen molar-refractivity contribution in [1.82, 2.24) is 10.1 Å². The molecule has 0 radical (unpaired) electrons. The highest BCUT2D eigenvalue weighted by molar-refractivity contribution is 6.34. The van der Waals surface area contributed by atoms with Gasteiger partial charge in [0.2, 0.25) is 11.8 Å². The van der Waals surface area contributed by atoms with Crippen molar-refractivity contribution >= 4 is 46.9 Å². The van der Waals surface area contributed by atoms with E-state index in [1.165, 1.54) is 18.0 Å². The minimum atomic E-state index is -0.381. The molecule has 126 valence electrons. The Morgan fingerprint density at radius 3 is 2.75 bits per heavy atom. The predicted molar refractivity (Wildman–Crippen MR) is 93.0 cm³/mol. The molecule has 2 amide bonds. The molecular weight excluding hydrogens is 353 g/mol. The van der Waals surface area contributed by atoms with Gasteiger partial charge < -0.3 is 14.7 Å². The third kappa shape index (κ3) is 5.11. The SMILES string of the molecule is Cc1cc(NC(=O)CN(C)C(=O)C=Cc2cc(Cl)ccc2Cl)no1. The smallest absolute Gasteiger partial charge is 0.246 e. The largest absolute Gasteiger partial charge is 0.360 e. The maximum atomic E-state index is 12.1. The zero-order chi connectivity index (χ0) is 17.7. The lowest BCUT2D eigenvalue weighted by atomic mass is 10.2. The summed E-state index contributed by atoms with van der Waals surface area (Å²) in [6.45, 7) is 1.59. The Kier molecular flexibility index (Phi) is 6.00. The molecule has 1 heterocycles. The summed E-state index contributed by atoms with van der Waals surface area (Å²) in [6.07, 6.45) is 2.87. The summed E-state index contributed by atoms with van der Waals surface area (Å²) in [5.74, 6) is 0.154. The second-order valence-corrected chi connectivity index (χ2v) is 5.91. The lowest BCUT2D eigenvalue weighted by molar-refractivity contribution is -0.129. The molecule has 8 heteroatoms. The normalized spacial score (nSPS) is 10.8. The van der Waals surface area contributed by atoms with Crippen LogP contribution in [0.3, 0.4) is 0 Å². The summed E-state index contributed by atoms with van der Waals surface area (Å²) in [5.41, 5.74) is 0.619. The minimum absolute atomic E-state index is 0.127. The molecule has 1 N–H and O–H groups in total. The van der Waals surface area contributed by atoms with Gasteiger partial charge in [-0.25, -0.2) is 0 Å². The van der Waals surface area contributed by atoms with Crippen molar-refractivity contribution in [3.05, 3.63) is 51.7 Å². The summed E-state index contributed by atoms with van der Waals surface area (Å²) in [7, 11) is 1.51. The number of benzene rings is 1. The second kappa shape index (κ2) is 7.99. The number of amides is 2. The van der Waals surface area contributed by atoms with Gasteiger partial charge in [0, 0.05) is 29.2 Å². The van der Waals surface area contributed by atoms with Gasteiger partial charge in [0.05, 0.1) is 6.54 Å². The Hall–Kier alpha value is -2.31. The number of aromatic nitrogens is 1. The zero-order valence-corrected chi connectivity index (χ0v) is 14.6. The average molecular weight is 368 g/mol. The molecule has 0 fully saturated rings. The molecular formula is C16H15Cl2N3O3. The van der Waals surface area contributed by atoms with E-state index in [1.54, 1.807) is 37.3 Å². The van der Waals surface area contributed by atoms with E-state index in [0.717, 1.165) is 0 Å². The third-order valence-electron chi connectivity index (χ3n) is 3.02. The monoisotopic (exact) mass is 367 g/mol. The fourth-order valence-electron chi connectivity index (χ4n) is 1.83. The lowest BCUT2D eigenvalue weighted by Gasteiger charge is -2.14. The van der Waals surface area contributed by atoms with Crippen LogP contribution < -0.4 is 5.32 Å². The molecule has 2 aromatic rings. The number of hydrogen-bond donors (Lipinski definition) is 1. The topological polar surface area (TPSA) is 75.4 Å². The molecule has 0 aliphatic heterocycles. The Morgan fingerprint density at radius 1 is 1.33 bits per heavy atom. The number of rotatable bonds is 5. The molecule has 0 saturated heterocycles. The molecule has 1 aromatic heterocycles. The van der Waals surface area contributed by atoms with Crippen LogP contribution in [0.15, 0.2) is 34.9 Å². The standard InChI is InChI=1S/C16H15Cl2N3O3/c1-10-7-14(20-24-10)19-15(22)9-21(2)16(23)6-3-11-8-12(17)4-5-13(11)18/h3-8H,9H2,1-2H3,(H,19,20,22). The van der Waals surface area contributed by atoms with E-state index in [0.29, 0.717) is 27.2 Å². The summed E-state index contributed by atoms with van der Waals surface area (Å²) in [4.78, 5) is 25.2. The van der Waals surface area contributed by atoms with Crippen LogP contribution in [0.1, 0.15) is 11.3 Å². The summed E-state index contributed by atoms with van der Waals surface area (Å²) in [5, 5.41) is 7.18. The second-order valence-electron chi connectivity index (χ2n) is 5.06. The van der Waals surface area contributed by atoms with Crippen LogP contribution >= 0.6 is 23.2 Å². The van der Waals surface area contributed by atoms with Crippen LogP contribution in [-0.4, -0.2) is 35.5 Å². The summed E-state index contributed by atoms with van der Waals surface area (Å²) < 4.78 is 4.85. The van der Waals surface area contributed by atoms with Crippen LogP contribution in [0, 0.1) is 6.92 Å². The molecule has 0 atom stereocenters. The highest BCUT2D eigenvalue weighted by Crippen LogP contribution is 2.21. The van der Waals surface area contributed by atoms with Crippen LogP contribution in [0.4, 0.5) is 5.82 Å². The number of aryl methyl sites for hydroxylation is 1. The van der Waals surface area contributed by atoms with Crippen molar-refractivity contribution in [2.45, 2.75) is 6.92 Å². The summed E-state index contributed by atoms with van der Waals surface area (Å²) in [6, 6.07) is 6.53. The van der Waals surface area contributed by atoms with Crippen molar-refractivity contribution in [3.8, 4) is 0 Å². The molecule has 24 heavy (non-hydrogen) atoms. The van der Waals surface area contributed by atoms with Gasteiger partial charge in [-0.3, -0.25) is 9.59 Å². The highest BCUT2D eigenvalue weighted by atomic mass is 35.5. The molecule has 2 rings (SSSR count). The van der Waals surface area contributed by atoms with Crippen molar-refractivity contribution in [2.24, 2.45) is 0 Å². The molecule has 0 aliphatic rings. The van der Waals surface area contributed by atoms with Crippen molar-refractivity contribution < 1.29 is 14.1 Å². The number of anilines is 1. The third-order valence-corrected chi connectivity index (χ3v) is 3.60. The van der Waals surface area contributed by atoms with Gasteiger partial charge >= 0.3 is 0 Å². The van der Waals surface area contributed by atoms with E-state index in [9.17, 15) is 9.59 Å². The first-order chi connectivity index (χ1) is 11.3. The number of nitrogens with zero attached hydrogens (tertiary/aromatic N) is 2. The van der Waals surface area contributed by atoms with Crippen molar-refractivity contribution in [3.63, 3.8) is 0 Å². The number of nitrogens with one attached hydrogen (secondary N) is 1. The Morgan fingerprint density at radius 2 is 2.08 bits per heavy atom. The van der Waals surface area contributed by atoms with Crippen molar-refractivity contribution in [2.75, 3.05) is 18.9 Å². The van der Waals surface area contributed by atoms with Gasteiger partial charge in [0.25, 0.3) is 0 Å². The van der Waals surface area contributed by atoms with Gasteiger partial charge in [0.15, 0.2) is 5.82 Å². The van der Waals surface area contributed by atoms with E-state index in [-0.39, 0.29) is 18.4 Å². The van der Waals surface area contributed by atoms with Gasteiger partial charge in [-0.15, -0.1) is 0 Å². The number of halogens is 2. The fourth-order valence-corrected chi connectivity index (χ4v) is 2.19. The molecule has 0 aliphatic carbocycles. The van der Waals surface area contributed by atoms with E-state index in [2.05, 4.69) is 10.5 Å². The van der Waals surface area contributed by atoms with Crippen molar-refractivity contribution in [1.29, 1.82) is 0 Å². The molecule has 0 bridgehead atoms. The minimum Gasteiger partial charge on any atom is -0.360 e. The number of carbonyl (C=O) groups is 2. The number of carbonyl (C=O) groups excluding carboxylic acids is 2. The predicted octanol–water partition coefficient (Wildman–Crippen LogP) is 3.40. The first-order valence-corrected chi connectivity index (χ1v) is 7.72. The van der Waals surface area contributed by atoms with E-state index >= 15 is 0 Å². The first kappa shape index (κ1) is 18.0. The number of likely N-dealkylation sites (N-methyl/N-ethyl adjacent to an activating group) is 1. The van der Waals surface area contributed by atoms with Crippen LogP contribution in [0.5, 0.6) is 0 Å². The molecule has 6 nitrogen and oxygen atoms in total.